The van der Waals surface area contributed by atoms with Gasteiger partial charge in [0.05, 0.1) is 0 Å². The van der Waals surface area contributed by atoms with E-state index in [0.29, 0.717) is 12.1 Å². The summed E-state index contributed by atoms with van der Waals surface area (Å²) in [5.74, 6) is -0.379. The van der Waals surface area contributed by atoms with Crippen LogP contribution in [0.15, 0.2) is 18.2 Å². The van der Waals surface area contributed by atoms with Crippen LogP contribution in [0.4, 0.5) is 9.18 Å². The molecule has 0 atom stereocenters. The summed E-state index contributed by atoms with van der Waals surface area (Å²) in [7, 11) is 0. The summed E-state index contributed by atoms with van der Waals surface area (Å²) in [4.78, 5) is 10.4. The molecule has 0 aliphatic heterocycles. The Morgan fingerprint density at radius 3 is 2.79 bits per heavy atom. The van der Waals surface area contributed by atoms with Crippen LogP contribution >= 0.6 is 0 Å². The second-order valence-corrected chi connectivity index (χ2v) is 2.85. The average Bonchev–Trinajstić information content (AvgIpc) is 2.16. The normalized spacial score (nSPS) is 9.86. The Labute approximate surface area is 81.1 Å². The third-order valence-corrected chi connectivity index (χ3v) is 1.80. The van der Waals surface area contributed by atoms with Gasteiger partial charge in [-0.1, -0.05) is 6.07 Å². The van der Waals surface area contributed by atoms with Crippen molar-refractivity contribution in [1.82, 2.24) is 5.32 Å². The third-order valence-electron chi connectivity index (χ3n) is 1.80. The Morgan fingerprint density at radius 1 is 1.50 bits per heavy atom. The van der Waals surface area contributed by atoms with E-state index in [1.165, 1.54) is 6.07 Å². The number of carbonyl (C=O) groups excluding carboxylic acids is 1. The molecule has 0 fully saturated rings. The number of benzene rings is 1. The minimum Gasteiger partial charge on any atom is -0.352 e. The number of nitrogens with one attached hydrogen (secondary N) is 1. The molecule has 5 N–H and O–H groups in total. The smallest absolute Gasteiger partial charge is 0.312 e. The molecule has 4 nitrogen and oxygen atoms in total. The Kier molecular flexibility index (Phi) is 3.41. The second kappa shape index (κ2) is 4.57. The molecule has 0 radical (unpaired) electrons. The molecule has 0 spiro atoms. The molecule has 0 aliphatic rings. The number of hydrogen-bond acceptors (Lipinski definition) is 2. The van der Waals surface area contributed by atoms with E-state index < -0.39 is 6.03 Å². The van der Waals surface area contributed by atoms with Gasteiger partial charge in [0.25, 0.3) is 0 Å². The summed E-state index contributed by atoms with van der Waals surface area (Å²) < 4.78 is 13.1. The Bertz CT molecular complexity index is 341. The minimum absolute atomic E-state index is 0.0784. The summed E-state index contributed by atoms with van der Waals surface area (Å²) >= 11 is 0. The first-order valence-corrected chi connectivity index (χ1v) is 4.14. The van der Waals surface area contributed by atoms with Gasteiger partial charge in [0, 0.05) is 18.7 Å². The van der Waals surface area contributed by atoms with Gasteiger partial charge in [-0.3, -0.25) is 0 Å². The van der Waals surface area contributed by atoms with Crippen molar-refractivity contribution in [1.29, 1.82) is 0 Å². The number of urea groups is 1. The molecule has 5 heteroatoms. The highest BCUT2D eigenvalue weighted by Crippen LogP contribution is 2.09. The van der Waals surface area contributed by atoms with Crippen molar-refractivity contribution < 1.29 is 9.18 Å². The van der Waals surface area contributed by atoms with Gasteiger partial charge >= 0.3 is 6.03 Å². The van der Waals surface area contributed by atoms with Crippen LogP contribution in [0.25, 0.3) is 0 Å². The first-order chi connectivity index (χ1) is 6.63. The highest BCUT2D eigenvalue weighted by molar-refractivity contribution is 5.71. The van der Waals surface area contributed by atoms with E-state index in [0.717, 1.165) is 5.56 Å². The zero-order valence-electron chi connectivity index (χ0n) is 7.59. The molecule has 1 aromatic carbocycles. The van der Waals surface area contributed by atoms with Crippen molar-refractivity contribution in [2.45, 2.75) is 13.1 Å². The fraction of sp³-hybridized carbons (Fsp3) is 0.222. The molecule has 1 aromatic rings. The van der Waals surface area contributed by atoms with Crippen molar-refractivity contribution in [3.8, 4) is 0 Å². The van der Waals surface area contributed by atoms with E-state index in [2.05, 4.69) is 5.32 Å². The van der Waals surface area contributed by atoms with E-state index in [4.69, 9.17) is 11.5 Å². The van der Waals surface area contributed by atoms with Crippen LogP contribution in [-0.4, -0.2) is 6.03 Å². The largest absolute Gasteiger partial charge is 0.352 e. The molecule has 0 aromatic heterocycles. The Morgan fingerprint density at radius 2 is 2.21 bits per heavy atom. The number of primary amides is 1. The molecule has 0 aliphatic carbocycles. The Balaban J connectivity index is 2.78. The zero-order valence-corrected chi connectivity index (χ0v) is 7.59. The molecule has 0 unspecified atom stereocenters. The van der Waals surface area contributed by atoms with Gasteiger partial charge < -0.3 is 16.8 Å². The monoisotopic (exact) mass is 197 g/mol. The minimum atomic E-state index is -0.678. The number of carbonyl (C=O) groups is 1. The molecule has 0 heterocycles. The van der Waals surface area contributed by atoms with Gasteiger partial charge in [0.15, 0.2) is 0 Å². The fourth-order valence-electron chi connectivity index (χ4n) is 1.07. The third kappa shape index (κ3) is 2.70. The van der Waals surface area contributed by atoms with Gasteiger partial charge in [0.2, 0.25) is 0 Å². The number of halogens is 1. The van der Waals surface area contributed by atoms with Gasteiger partial charge in [-0.25, -0.2) is 9.18 Å². The lowest BCUT2D eigenvalue weighted by atomic mass is 10.1. The van der Waals surface area contributed by atoms with Gasteiger partial charge in [0.1, 0.15) is 5.82 Å². The van der Waals surface area contributed by atoms with E-state index in [-0.39, 0.29) is 12.4 Å². The van der Waals surface area contributed by atoms with E-state index in [1.54, 1.807) is 12.1 Å². The van der Waals surface area contributed by atoms with E-state index in [1.807, 2.05) is 0 Å². The zero-order chi connectivity index (χ0) is 10.6. The van der Waals surface area contributed by atoms with E-state index in [9.17, 15) is 9.18 Å². The highest BCUT2D eigenvalue weighted by Gasteiger charge is 2.03. The van der Waals surface area contributed by atoms with E-state index >= 15 is 0 Å². The molecule has 76 valence electrons. The topological polar surface area (TPSA) is 81.1 Å². The molecule has 0 saturated carbocycles. The average molecular weight is 197 g/mol. The predicted octanol–water partition coefficient (Wildman–Crippen LogP) is 0.453. The number of amides is 2. The lowest BCUT2D eigenvalue weighted by Gasteiger charge is -2.05. The van der Waals surface area contributed by atoms with Crippen molar-refractivity contribution >= 4 is 6.03 Å². The van der Waals surface area contributed by atoms with Crippen LogP contribution in [0.3, 0.4) is 0 Å². The summed E-state index contributed by atoms with van der Waals surface area (Å²) in [6, 6.07) is 3.84. The van der Waals surface area contributed by atoms with Crippen LogP contribution in [0.5, 0.6) is 0 Å². The molecule has 14 heavy (non-hydrogen) atoms. The maximum atomic E-state index is 13.1. The number of rotatable bonds is 3. The molecule has 0 bridgehead atoms. The van der Waals surface area contributed by atoms with Crippen LogP contribution in [-0.2, 0) is 13.1 Å². The lowest BCUT2D eigenvalue weighted by Crippen LogP contribution is -2.29. The van der Waals surface area contributed by atoms with Gasteiger partial charge in [-0.2, -0.15) is 0 Å². The van der Waals surface area contributed by atoms with Gasteiger partial charge in [-0.15, -0.1) is 0 Å². The first kappa shape index (κ1) is 10.5. The quantitative estimate of drug-likeness (QED) is 0.657. The van der Waals surface area contributed by atoms with Crippen LogP contribution < -0.4 is 16.8 Å². The molecular formula is C9H12FN3O. The lowest BCUT2D eigenvalue weighted by molar-refractivity contribution is 0.248. The molecule has 1 rings (SSSR count). The maximum Gasteiger partial charge on any atom is 0.312 e. The molecular weight excluding hydrogens is 185 g/mol. The maximum absolute atomic E-state index is 13.1. The molecule has 0 saturated heterocycles. The summed E-state index contributed by atoms with van der Waals surface area (Å²) in [5.41, 5.74) is 11.4. The van der Waals surface area contributed by atoms with Crippen LogP contribution in [0.1, 0.15) is 11.1 Å². The highest BCUT2D eigenvalue weighted by atomic mass is 19.1. The SMILES string of the molecule is NCc1ccc(F)c(CNC(N)=O)c1. The van der Waals surface area contributed by atoms with Crippen molar-refractivity contribution in [3.63, 3.8) is 0 Å². The number of nitrogens with two attached hydrogens (primary N) is 2. The summed E-state index contributed by atoms with van der Waals surface area (Å²) in [6.45, 7) is 0.416. The fourth-order valence-corrected chi connectivity index (χ4v) is 1.07. The van der Waals surface area contributed by atoms with Crippen LogP contribution in [0, 0.1) is 5.82 Å². The first-order valence-electron chi connectivity index (χ1n) is 4.14. The van der Waals surface area contributed by atoms with Crippen molar-refractivity contribution in [3.05, 3.63) is 35.1 Å². The predicted molar refractivity (Wildman–Crippen MR) is 50.7 cm³/mol. The van der Waals surface area contributed by atoms with Crippen LogP contribution in [0.2, 0.25) is 0 Å². The number of hydrogen-bond donors (Lipinski definition) is 3. The summed E-state index contributed by atoms with van der Waals surface area (Å²) in [6.07, 6.45) is 0. The van der Waals surface area contributed by atoms with Crippen molar-refractivity contribution in [2.24, 2.45) is 11.5 Å². The van der Waals surface area contributed by atoms with Gasteiger partial charge in [-0.05, 0) is 17.7 Å². The Hall–Kier alpha value is -1.62. The van der Waals surface area contributed by atoms with Crippen molar-refractivity contribution in [2.75, 3.05) is 0 Å². The molecule has 2 amide bonds. The standard InChI is InChI=1S/C9H12FN3O/c10-8-2-1-6(4-11)3-7(8)5-13-9(12)14/h1-3H,4-5,11H2,(H3,12,13,14). The second-order valence-electron chi connectivity index (χ2n) is 2.85. The summed E-state index contributed by atoms with van der Waals surface area (Å²) in [5, 5.41) is 2.31.